The lowest BCUT2D eigenvalue weighted by atomic mass is 9.92. The molecule has 0 aliphatic carbocycles. The summed E-state index contributed by atoms with van der Waals surface area (Å²) in [4.78, 5) is 28.4. The van der Waals surface area contributed by atoms with Crippen molar-refractivity contribution < 1.29 is 9.59 Å². The number of halogens is 1. The number of piperidine rings is 1. The summed E-state index contributed by atoms with van der Waals surface area (Å²) in [6, 6.07) is 7.37. The molecular weight excluding hydrogens is 340 g/mol. The Balaban J connectivity index is 0.00000225. The van der Waals surface area contributed by atoms with Crippen molar-refractivity contribution in [1.29, 1.82) is 0 Å². The van der Waals surface area contributed by atoms with Crippen LogP contribution in [0.2, 0.25) is 0 Å². The molecule has 2 atom stereocenters. The minimum absolute atomic E-state index is 0. The van der Waals surface area contributed by atoms with E-state index in [0.29, 0.717) is 31.1 Å². The van der Waals surface area contributed by atoms with Gasteiger partial charge in [-0.25, -0.2) is 4.79 Å². The van der Waals surface area contributed by atoms with Crippen molar-refractivity contribution in [1.82, 2.24) is 10.2 Å². The zero-order valence-electron chi connectivity index (χ0n) is 14.6. The van der Waals surface area contributed by atoms with Crippen LogP contribution in [0.15, 0.2) is 24.3 Å². The van der Waals surface area contributed by atoms with Gasteiger partial charge < -0.3 is 16.0 Å². The van der Waals surface area contributed by atoms with E-state index < -0.39 is 0 Å². The van der Waals surface area contributed by atoms with Gasteiger partial charge in [-0.15, -0.1) is 12.4 Å². The van der Waals surface area contributed by atoms with Gasteiger partial charge in [0.1, 0.15) is 0 Å². The summed E-state index contributed by atoms with van der Waals surface area (Å²) >= 11 is 0. The minimum Gasteiger partial charge on any atom is -0.338 e. The van der Waals surface area contributed by atoms with Gasteiger partial charge in [-0.3, -0.25) is 9.69 Å². The fraction of sp³-hybridized carbons (Fsp3) is 0.556. The van der Waals surface area contributed by atoms with Crippen LogP contribution in [-0.2, 0) is 0 Å². The van der Waals surface area contributed by atoms with Crippen LogP contribution in [0.25, 0.3) is 0 Å². The zero-order valence-corrected chi connectivity index (χ0v) is 15.4. The first kappa shape index (κ1) is 19.5. The average molecular weight is 367 g/mol. The summed E-state index contributed by atoms with van der Waals surface area (Å²) in [7, 11) is 0. The number of nitrogens with one attached hydrogen (secondary N) is 1. The summed E-state index contributed by atoms with van der Waals surface area (Å²) < 4.78 is 0. The molecule has 6 nitrogen and oxygen atoms in total. The first-order valence-electron chi connectivity index (χ1n) is 8.76. The molecule has 0 saturated carbocycles. The highest BCUT2D eigenvalue weighted by Crippen LogP contribution is 2.23. The Kier molecular flexibility index (Phi) is 6.67. The fourth-order valence-electron chi connectivity index (χ4n) is 3.49. The molecule has 3 rings (SSSR count). The second kappa shape index (κ2) is 8.54. The predicted octanol–water partition coefficient (Wildman–Crippen LogP) is 2.23. The molecule has 2 unspecified atom stereocenters. The zero-order chi connectivity index (χ0) is 17.1. The quantitative estimate of drug-likeness (QED) is 0.860. The SMILES string of the molecule is CC(N)C1CCCN(C(=O)c2cccc(N3CCCNC3=O)c2)C1.Cl. The molecule has 138 valence electrons. The molecule has 1 aromatic carbocycles. The van der Waals surface area contributed by atoms with E-state index in [9.17, 15) is 9.59 Å². The number of nitrogens with zero attached hydrogens (tertiary/aromatic N) is 2. The predicted molar refractivity (Wildman–Crippen MR) is 101 cm³/mol. The summed E-state index contributed by atoms with van der Waals surface area (Å²) in [5.74, 6) is 0.387. The normalized spacial score (nSPS) is 22.0. The molecule has 3 N–H and O–H groups in total. The van der Waals surface area contributed by atoms with E-state index in [0.717, 1.165) is 31.5 Å². The molecule has 0 bridgehead atoms. The Morgan fingerprint density at radius 1 is 1.32 bits per heavy atom. The van der Waals surface area contributed by atoms with Gasteiger partial charge in [0, 0.05) is 43.5 Å². The van der Waals surface area contributed by atoms with Gasteiger partial charge >= 0.3 is 6.03 Å². The van der Waals surface area contributed by atoms with E-state index in [4.69, 9.17) is 5.73 Å². The molecule has 0 aromatic heterocycles. The van der Waals surface area contributed by atoms with Crippen LogP contribution in [0.3, 0.4) is 0 Å². The summed E-state index contributed by atoms with van der Waals surface area (Å²) in [5.41, 5.74) is 7.43. The number of amides is 3. The number of carbonyl (C=O) groups is 2. The van der Waals surface area contributed by atoms with E-state index in [1.54, 1.807) is 4.90 Å². The summed E-state index contributed by atoms with van der Waals surface area (Å²) in [5, 5.41) is 2.84. The van der Waals surface area contributed by atoms with Crippen molar-refractivity contribution >= 4 is 30.0 Å². The highest BCUT2D eigenvalue weighted by atomic mass is 35.5. The molecule has 2 saturated heterocycles. The Morgan fingerprint density at radius 2 is 2.12 bits per heavy atom. The largest absolute Gasteiger partial charge is 0.338 e. The summed E-state index contributed by atoms with van der Waals surface area (Å²) in [6.45, 7) is 4.88. The smallest absolute Gasteiger partial charge is 0.321 e. The molecule has 2 aliphatic heterocycles. The van der Waals surface area contributed by atoms with Crippen LogP contribution in [-0.4, -0.2) is 49.1 Å². The number of urea groups is 1. The van der Waals surface area contributed by atoms with Crippen molar-refractivity contribution in [2.24, 2.45) is 11.7 Å². The second-order valence-corrected chi connectivity index (χ2v) is 6.80. The molecule has 25 heavy (non-hydrogen) atoms. The molecule has 0 spiro atoms. The Morgan fingerprint density at radius 3 is 2.84 bits per heavy atom. The first-order valence-corrected chi connectivity index (χ1v) is 8.76. The van der Waals surface area contributed by atoms with Crippen molar-refractivity contribution in [2.75, 3.05) is 31.1 Å². The van der Waals surface area contributed by atoms with E-state index in [1.807, 2.05) is 36.1 Å². The van der Waals surface area contributed by atoms with Crippen LogP contribution in [0.1, 0.15) is 36.5 Å². The maximum absolute atomic E-state index is 12.9. The van der Waals surface area contributed by atoms with Crippen molar-refractivity contribution in [3.05, 3.63) is 29.8 Å². The molecule has 0 radical (unpaired) electrons. The number of likely N-dealkylation sites (tertiary alicyclic amines) is 1. The second-order valence-electron chi connectivity index (χ2n) is 6.80. The maximum atomic E-state index is 12.9. The first-order chi connectivity index (χ1) is 11.6. The maximum Gasteiger partial charge on any atom is 0.321 e. The summed E-state index contributed by atoms with van der Waals surface area (Å²) in [6.07, 6.45) is 2.98. The number of carbonyl (C=O) groups excluding carboxylic acids is 2. The Labute approximate surface area is 155 Å². The standard InChI is InChI=1S/C18H26N4O2.ClH/c1-13(19)15-6-3-9-21(12-15)17(23)14-5-2-7-16(11-14)22-10-4-8-20-18(22)24;/h2,5,7,11,13,15H,3-4,6,8-10,12,19H2,1H3,(H,20,24);1H. The molecule has 2 aliphatic rings. The molecule has 7 heteroatoms. The van der Waals surface area contributed by atoms with E-state index >= 15 is 0 Å². The van der Waals surface area contributed by atoms with Gasteiger partial charge in [-0.05, 0) is 50.3 Å². The number of rotatable bonds is 3. The molecule has 3 amide bonds. The van der Waals surface area contributed by atoms with Crippen molar-refractivity contribution in [2.45, 2.75) is 32.2 Å². The van der Waals surface area contributed by atoms with Crippen LogP contribution in [0, 0.1) is 5.92 Å². The third-order valence-corrected chi connectivity index (χ3v) is 4.97. The van der Waals surface area contributed by atoms with Gasteiger partial charge in [-0.2, -0.15) is 0 Å². The van der Waals surface area contributed by atoms with E-state index in [-0.39, 0.29) is 30.4 Å². The molecule has 2 heterocycles. The number of hydrogen-bond acceptors (Lipinski definition) is 3. The van der Waals surface area contributed by atoms with E-state index in [2.05, 4.69) is 5.32 Å². The lowest BCUT2D eigenvalue weighted by Gasteiger charge is -2.35. The minimum atomic E-state index is -0.0964. The Bertz CT molecular complexity index is 623. The van der Waals surface area contributed by atoms with Gasteiger partial charge in [0.15, 0.2) is 0 Å². The topological polar surface area (TPSA) is 78.7 Å². The number of nitrogens with two attached hydrogens (primary N) is 1. The molecule has 1 aromatic rings. The van der Waals surface area contributed by atoms with Gasteiger partial charge in [0.2, 0.25) is 0 Å². The lowest BCUT2D eigenvalue weighted by molar-refractivity contribution is 0.0661. The fourth-order valence-corrected chi connectivity index (χ4v) is 3.49. The van der Waals surface area contributed by atoms with Gasteiger partial charge in [0.25, 0.3) is 5.91 Å². The third kappa shape index (κ3) is 4.44. The number of hydrogen-bond donors (Lipinski definition) is 2. The number of anilines is 1. The highest BCUT2D eigenvalue weighted by Gasteiger charge is 2.27. The van der Waals surface area contributed by atoms with Crippen LogP contribution >= 0.6 is 12.4 Å². The van der Waals surface area contributed by atoms with Crippen LogP contribution in [0.5, 0.6) is 0 Å². The number of benzene rings is 1. The Hall–Kier alpha value is -1.79. The third-order valence-electron chi connectivity index (χ3n) is 4.97. The lowest BCUT2D eigenvalue weighted by Crippen LogP contribution is -2.47. The highest BCUT2D eigenvalue weighted by molar-refractivity contribution is 5.98. The van der Waals surface area contributed by atoms with Crippen LogP contribution < -0.4 is 16.0 Å². The average Bonchev–Trinajstić information content (AvgIpc) is 2.61. The van der Waals surface area contributed by atoms with Gasteiger partial charge in [0.05, 0.1) is 0 Å². The monoisotopic (exact) mass is 366 g/mol. The van der Waals surface area contributed by atoms with Crippen LogP contribution in [0.4, 0.5) is 10.5 Å². The molecular formula is C18H27ClN4O2. The van der Waals surface area contributed by atoms with E-state index in [1.165, 1.54) is 0 Å². The van der Waals surface area contributed by atoms with Crippen molar-refractivity contribution in [3.63, 3.8) is 0 Å². The van der Waals surface area contributed by atoms with Gasteiger partial charge in [-0.1, -0.05) is 6.07 Å². The van der Waals surface area contributed by atoms with Crippen molar-refractivity contribution in [3.8, 4) is 0 Å². The molecule has 2 fully saturated rings.